The second-order valence-corrected chi connectivity index (χ2v) is 4.95. The zero-order valence-corrected chi connectivity index (χ0v) is 10.7. The lowest BCUT2D eigenvalue weighted by Gasteiger charge is -2.02. The summed E-state index contributed by atoms with van der Waals surface area (Å²) < 4.78 is 5.54. The molecular weight excluding hydrogens is 282 g/mol. The van der Waals surface area contributed by atoms with Gasteiger partial charge in [0.25, 0.3) is 0 Å². The Balaban J connectivity index is 2.09. The Labute approximate surface area is 100 Å². The van der Waals surface area contributed by atoms with E-state index in [0.717, 1.165) is 15.5 Å². The first-order valence-corrected chi connectivity index (χ1v) is 6.22. The molecule has 0 aliphatic carbocycles. The quantitative estimate of drug-likeness (QED) is 0.642. The molecule has 0 aliphatic heterocycles. The summed E-state index contributed by atoms with van der Waals surface area (Å²) in [5.41, 5.74) is 0. The van der Waals surface area contributed by atoms with E-state index in [0.29, 0.717) is 19.6 Å². The topological polar surface area (TPSA) is 64.1 Å². The van der Waals surface area contributed by atoms with E-state index in [2.05, 4.69) is 31.4 Å². The van der Waals surface area contributed by atoms with Crippen molar-refractivity contribution in [1.29, 1.82) is 0 Å². The first kappa shape index (κ1) is 12.4. The maximum Gasteiger partial charge on any atom is 0.305 e. The monoisotopic (exact) mass is 293 g/mol. The van der Waals surface area contributed by atoms with Gasteiger partial charge < -0.3 is 10.1 Å². The van der Waals surface area contributed by atoms with Crippen molar-refractivity contribution in [2.45, 2.75) is 19.8 Å². The Morgan fingerprint density at radius 3 is 3.00 bits per heavy atom. The molecule has 0 bridgehead atoms. The van der Waals surface area contributed by atoms with Crippen LogP contribution in [0.2, 0.25) is 0 Å². The number of rotatable bonds is 6. The van der Waals surface area contributed by atoms with Gasteiger partial charge in [0.15, 0.2) is 3.92 Å². The Morgan fingerprint density at radius 1 is 1.60 bits per heavy atom. The first-order valence-electron chi connectivity index (χ1n) is 4.61. The normalized spacial score (nSPS) is 10.0. The average molecular weight is 294 g/mol. The molecular formula is C8H12BrN3O2S. The summed E-state index contributed by atoms with van der Waals surface area (Å²) in [7, 11) is 0. The van der Waals surface area contributed by atoms with Crippen LogP contribution < -0.4 is 5.32 Å². The number of hydrogen-bond acceptors (Lipinski definition) is 6. The molecule has 15 heavy (non-hydrogen) atoms. The summed E-state index contributed by atoms with van der Waals surface area (Å²) in [4.78, 5) is 11.0. The standard InChI is InChI=1S/C8H12BrN3O2S/c1-2-14-6(13)4-3-5-10-8-12-11-7(9)15-8/h2-5H2,1H3,(H,10,12). The molecule has 0 aliphatic rings. The van der Waals surface area contributed by atoms with Gasteiger partial charge in [-0.3, -0.25) is 4.79 Å². The molecule has 0 spiro atoms. The van der Waals surface area contributed by atoms with Crippen molar-refractivity contribution >= 4 is 38.4 Å². The lowest BCUT2D eigenvalue weighted by molar-refractivity contribution is -0.143. The fraction of sp³-hybridized carbons (Fsp3) is 0.625. The first-order chi connectivity index (χ1) is 7.22. The van der Waals surface area contributed by atoms with Gasteiger partial charge in [0.2, 0.25) is 5.13 Å². The predicted molar refractivity (Wildman–Crippen MR) is 62.0 cm³/mol. The molecule has 0 unspecified atom stereocenters. The third-order valence-corrected chi connectivity index (χ3v) is 2.85. The highest BCUT2D eigenvalue weighted by Crippen LogP contribution is 2.19. The zero-order valence-electron chi connectivity index (χ0n) is 8.33. The van der Waals surface area contributed by atoms with Gasteiger partial charge in [-0.2, -0.15) is 0 Å². The van der Waals surface area contributed by atoms with Crippen LogP contribution in [-0.4, -0.2) is 29.3 Å². The molecule has 1 N–H and O–H groups in total. The van der Waals surface area contributed by atoms with E-state index >= 15 is 0 Å². The van der Waals surface area contributed by atoms with Gasteiger partial charge in [0, 0.05) is 13.0 Å². The summed E-state index contributed by atoms with van der Waals surface area (Å²) >= 11 is 4.64. The van der Waals surface area contributed by atoms with Crippen LogP contribution in [0, 0.1) is 0 Å². The molecule has 84 valence electrons. The number of aromatic nitrogens is 2. The lowest BCUT2D eigenvalue weighted by Crippen LogP contribution is -2.08. The van der Waals surface area contributed by atoms with Crippen molar-refractivity contribution in [1.82, 2.24) is 10.2 Å². The second kappa shape index (κ2) is 6.73. The number of esters is 1. The summed E-state index contributed by atoms with van der Waals surface area (Å²) in [5.74, 6) is -0.155. The molecule has 0 atom stereocenters. The van der Waals surface area contributed by atoms with Crippen molar-refractivity contribution < 1.29 is 9.53 Å². The largest absolute Gasteiger partial charge is 0.466 e. The van der Waals surface area contributed by atoms with Crippen LogP contribution in [0.25, 0.3) is 0 Å². The highest BCUT2D eigenvalue weighted by atomic mass is 79.9. The fourth-order valence-corrected chi connectivity index (χ4v) is 1.97. The van der Waals surface area contributed by atoms with Crippen LogP contribution >= 0.6 is 27.3 Å². The number of ether oxygens (including phenoxy) is 1. The van der Waals surface area contributed by atoms with Crippen molar-refractivity contribution in [2.75, 3.05) is 18.5 Å². The van der Waals surface area contributed by atoms with Gasteiger partial charge in [-0.05, 0) is 29.3 Å². The van der Waals surface area contributed by atoms with E-state index in [-0.39, 0.29) is 5.97 Å². The van der Waals surface area contributed by atoms with Crippen LogP contribution in [-0.2, 0) is 9.53 Å². The molecule has 5 nitrogen and oxygen atoms in total. The minimum Gasteiger partial charge on any atom is -0.466 e. The Morgan fingerprint density at radius 2 is 2.40 bits per heavy atom. The number of hydrogen-bond donors (Lipinski definition) is 1. The maximum atomic E-state index is 11.0. The molecule has 0 saturated heterocycles. The summed E-state index contributed by atoms with van der Waals surface area (Å²) in [6.07, 6.45) is 1.16. The van der Waals surface area contributed by atoms with Gasteiger partial charge in [0.05, 0.1) is 6.61 Å². The van der Waals surface area contributed by atoms with E-state index in [1.54, 1.807) is 6.92 Å². The number of nitrogens with one attached hydrogen (secondary N) is 1. The molecule has 1 heterocycles. The minimum atomic E-state index is -0.155. The highest BCUT2D eigenvalue weighted by molar-refractivity contribution is 9.11. The second-order valence-electron chi connectivity index (χ2n) is 2.70. The van der Waals surface area contributed by atoms with E-state index in [1.165, 1.54) is 11.3 Å². The van der Waals surface area contributed by atoms with Crippen LogP contribution in [0.5, 0.6) is 0 Å². The van der Waals surface area contributed by atoms with Crippen LogP contribution in [0.4, 0.5) is 5.13 Å². The van der Waals surface area contributed by atoms with E-state index < -0.39 is 0 Å². The molecule has 1 rings (SSSR count). The number of nitrogens with zero attached hydrogens (tertiary/aromatic N) is 2. The van der Waals surface area contributed by atoms with Crippen molar-refractivity contribution in [2.24, 2.45) is 0 Å². The number of carbonyl (C=O) groups excluding carboxylic acids is 1. The molecule has 0 saturated carbocycles. The Hall–Kier alpha value is -0.690. The van der Waals surface area contributed by atoms with Crippen molar-refractivity contribution in [3.8, 4) is 0 Å². The average Bonchev–Trinajstić information content (AvgIpc) is 2.60. The van der Waals surface area contributed by atoms with E-state index in [9.17, 15) is 4.79 Å². The van der Waals surface area contributed by atoms with E-state index in [4.69, 9.17) is 4.74 Å². The van der Waals surface area contributed by atoms with Gasteiger partial charge in [0.1, 0.15) is 0 Å². The number of anilines is 1. The molecule has 0 radical (unpaired) electrons. The SMILES string of the molecule is CCOC(=O)CCCNc1nnc(Br)s1. The lowest BCUT2D eigenvalue weighted by atomic mass is 10.3. The van der Waals surface area contributed by atoms with Gasteiger partial charge in [-0.15, -0.1) is 10.2 Å². The van der Waals surface area contributed by atoms with Crippen LogP contribution in [0.3, 0.4) is 0 Å². The van der Waals surface area contributed by atoms with Gasteiger partial charge in [-0.1, -0.05) is 11.3 Å². The van der Waals surface area contributed by atoms with Crippen molar-refractivity contribution in [3.63, 3.8) is 0 Å². The van der Waals surface area contributed by atoms with Crippen molar-refractivity contribution in [3.05, 3.63) is 3.92 Å². The molecule has 0 aromatic carbocycles. The summed E-state index contributed by atoms with van der Waals surface area (Å²) in [5, 5.41) is 11.5. The third kappa shape index (κ3) is 5.08. The number of halogens is 1. The van der Waals surface area contributed by atoms with Crippen LogP contribution in [0.1, 0.15) is 19.8 Å². The molecule has 1 aromatic rings. The summed E-state index contributed by atoms with van der Waals surface area (Å²) in [6.45, 7) is 2.94. The molecule has 0 amide bonds. The minimum absolute atomic E-state index is 0.155. The Bertz CT molecular complexity index is 319. The third-order valence-electron chi connectivity index (χ3n) is 1.54. The van der Waals surface area contributed by atoms with Gasteiger partial charge >= 0.3 is 5.97 Å². The number of carbonyl (C=O) groups is 1. The molecule has 7 heteroatoms. The van der Waals surface area contributed by atoms with E-state index in [1.807, 2.05) is 0 Å². The highest BCUT2D eigenvalue weighted by Gasteiger charge is 2.02. The smallest absolute Gasteiger partial charge is 0.305 e. The Kier molecular flexibility index (Phi) is 5.56. The zero-order chi connectivity index (χ0) is 11.1. The summed E-state index contributed by atoms with van der Waals surface area (Å²) in [6, 6.07) is 0. The molecule has 0 fully saturated rings. The fourth-order valence-electron chi connectivity index (χ4n) is 0.938. The van der Waals surface area contributed by atoms with Crippen LogP contribution in [0.15, 0.2) is 3.92 Å². The molecule has 1 aromatic heterocycles. The maximum absolute atomic E-state index is 11.0. The predicted octanol–water partition coefficient (Wildman–Crippen LogP) is 2.06. The van der Waals surface area contributed by atoms with Gasteiger partial charge in [-0.25, -0.2) is 0 Å².